The lowest BCUT2D eigenvalue weighted by molar-refractivity contribution is 0.0783. The zero-order chi connectivity index (χ0) is 23.5. The number of carbonyl (C=O) groups excluding carboxylic acids is 1. The van der Waals surface area contributed by atoms with E-state index in [0.717, 1.165) is 17.4 Å². The molecule has 0 radical (unpaired) electrons. The van der Waals surface area contributed by atoms with Gasteiger partial charge in [0.25, 0.3) is 5.91 Å². The van der Waals surface area contributed by atoms with Crippen LogP contribution < -0.4 is 10.1 Å². The Morgan fingerprint density at radius 2 is 2.15 bits per heavy atom. The first kappa shape index (κ1) is 22.8. The Labute approximate surface area is 198 Å². The normalized spacial score (nSPS) is 15.6. The zero-order valence-corrected chi connectivity index (χ0v) is 19.7. The van der Waals surface area contributed by atoms with Crippen molar-refractivity contribution in [2.45, 2.75) is 19.0 Å². The number of fused-ring (bicyclic) bond motifs is 1. The number of anilines is 1. The number of likely N-dealkylation sites (N-methyl/N-ethyl adjacent to an activating group) is 1. The highest BCUT2D eigenvalue weighted by molar-refractivity contribution is 6.32. The molecule has 7 nitrogen and oxygen atoms in total. The Morgan fingerprint density at radius 1 is 1.33 bits per heavy atom. The number of carbonyl (C=O) groups is 1. The van der Waals surface area contributed by atoms with Crippen LogP contribution in [0.25, 0.3) is 10.9 Å². The van der Waals surface area contributed by atoms with Gasteiger partial charge in [0.2, 0.25) is 0 Å². The van der Waals surface area contributed by atoms with Crippen molar-refractivity contribution in [3.63, 3.8) is 0 Å². The van der Waals surface area contributed by atoms with Gasteiger partial charge in [-0.25, -0.2) is 0 Å². The molecule has 2 heterocycles. The van der Waals surface area contributed by atoms with Crippen molar-refractivity contribution in [2.75, 3.05) is 39.6 Å². The van der Waals surface area contributed by atoms with Gasteiger partial charge < -0.3 is 19.9 Å². The van der Waals surface area contributed by atoms with E-state index in [-0.39, 0.29) is 5.91 Å². The number of hydrogen-bond donors (Lipinski definition) is 1. The summed E-state index contributed by atoms with van der Waals surface area (Å²) in [6, 6.07) is 13.4. The maximum atomic E-state index is 13.5. The summed E-state index contributed by atoms with van der Waals surface area (Å²) < 4.78 is 5.23. The molecule has 170 valence electrons. The molecule has 1 aliphatic rings. The van der Waals surface area contributed by atoms with Crippen molar-refractivity contribution in [1.29, 1.82) is 5.26 Å². The molecule has 4 rings (SSSR count). The quantitative estimate of drug-likeness (QED) is 0.591. The van der Waals surface area contributed by atoms with E-state index in [1.165, 1.54) is 0 Å². The molecule has 8 heteroatoms. The Morgan fingerprint density at radius 3 is 2.82 bits per heavy atom. The smallest absolute Gasteiger partial charge is 0.257 e. The largest absolute Gasteiger partial charge is 0.495 e. The summed E-state index contributed by atoms with van der Waals surface area (Å²) in [6.07, 6.45) is 2.56. The van der Waals surface area contributed by atoms with Crippen molar-refractivity contribution >= 4 is 34.1 Å². The number of rotatable bonds is 6. The van der Waals surface area contributed by atoms with E-state index in [9.17, 15) is 10.1 Å². The van der Waals surface area contributed by atoms with E-state index in [0.29, 0.717) is 58.8 Å². The molecule has 0 saturated carbocycles. The van der Waals surface area contributed by atoms with Crippen molar-refractivity contribution in [3.8, 4) is 11.8 Å². The minimum absolute atomic E-state index is 0.0635. The van der Waals surface area contributed by atoms with Crippen molar-refractivity contribution in [3.05, 3.63) is 64.3 Å². The van der Waals surface area contributed by atoms with Crippen LogP contribution in [-0.2, 0) is 6.54 Å². The van der Waals surface area contributed by atoms with Crippen molar-refractivity contribution < 1.29 is 9.53 Å². The molecule has 33 heavy (non-hydrogen) atoms. The molecule has 0 spiro atoms. The Balaban J connectivity index is 1.71. The number of amides is 1. The Hall–Kier alpha value is -3.34. The molecule has 1 fully saturated rings. The minimum atomic E-state index is -0.0635. The van der Waals surface area contributed by atoms with E-state index in [2.05, 4.69) is 21.3 Å². The van der Waals surface area contributed by atoms with E-state index in [1.54, 1.807) is 31.5 Å². The molecule has 1 aromatic heterocycles. The van der Waals surface area contributed by atoms with E-state index >= 15 is 0 Å². The fraction of sp³-hybridized carbons (Fsp3) is 0.320. The number of nitriles is 1. The Bertz CT molecular complexity index is 1240. The molecular weight excluding hydrogens is 438 g/mol. The van der Waals surface area contributed by atoms with Crippen LogP contribution in [0.15, 0.2) is 42.6 Å². The molecule has 1 saturated heterocycles. The Kier molecular flexibility index (Phi) is 6.68. The fourth-order valence-electron chi connectivity index (χ4n) is 4.14. The molecule has 0 bridgehead atoms. The summed E-state index contributed by atoms with van der Waals surface area (Å²) in [4.78, 5) is 22.0. The minimum Gasteiger partial charge on any atom is -0.495 e. The summed E-state index contributed by atoms with van der Waals surface area (Å²) in [5.74, 6) is 0.542. The molecule has 0 unspecified atom stereocenters. The lowest BCUT2D eigenvalue weighted by Crippen LogP contribution is -2.34. The topological polar surface area (TPSA) is 81.5 Å². The standard InChI is InChI=1S/C25H26ClN5O2/c1-30(2)18-8-9-31(15-18)25(32)20-14-28-22-6-4-16(12-27)10-19(22)24(20)29-13-17-5-7-23(33-3)21(26)11-17/h4-7,10-11,14,18H,8-9,13,15H2,1-3H3,(H,28,29)/t18-/m1/s1. The van der Waals surface area contributed by atoms with Gasteiger partial charge >= 0.3 is 0 Å². The highest BCUT2D eigenvalue weighted by atomic mass is 35.5. The number of likely N-dealkylation sites (tertiary alicyclic amines) is 1. The average molecular weight is 464 g/mol. The third-order valence-corrected chi connectivity index (χ3v) is 6.39. The van der Waals surface area contributed by atoms with Crippen LogP contribution >= 0.6 is 11.6 Å². The molecule has 1 aliphatic heterocycles. The highest BCUT2D eigenvalue weighted by Gasteiger charge is 2.30. The first-order chi connectivity index (χ1) is 15.9. The summed E-state index contributed by atoms with van der Waals surface area (Å²) in [5, 5.41) is 14.1. The number of halogens is 1. The average Bonchev–Trinajstić information content (AvgIpc) is 3.32. The van der Waals surface area contributed by atoms with Crippen molar-refractivity contribution in [1.82, 2.24) is 14.8 Å². The van der Waals surface area contributed by atoms with Crippen LogP contribution in [0.5, 0.6) is 5.75 Å². The number of benzene rings is 2. The summed E-state index contributed by atoms with van der Waals surface area (Å²) >= 11 is 6.29. The number of methoxy groups -OCH3 is 1. The lowest BCUT2D eigenvalue weighted by Gasteiger charge is -2.22. The van der Waals surface area contributed by atoms with E-state index in [1.807, 2.05) is 37.2 Å². The van der Waals surface area contributed by atoms with Gasteiger partial charge in [-0.05, 0) is 56.4 Å². The molecule has 0 aliphatic carbocycles. The molecule has 1 atom stereocenters. The highest BCUT2D eigenvalue weighted by Crippen LogP contribution is 2.31. The van der Waals surface area contributed by atoms with Crippen LogP contribution in [-0.4, -0.2) is 61.0 Å². The van der Waals surface area contributed by atoms with Crippen LogP contribution in [0, 0.1) is 11.3 Å². The van der Waals surface area contributed by atoms with Gasteiger partial charge in [-0.1, -0.05) is 17.7 Å². The zero-order valence-electron chi connectivity index (χ0n) is 18.9. The maximum Gasteiger partial charge on any atom is 0.257 e. The number of nitrogens with one attached hydrogen (secondary N) is 1. The molecular formula is C25H26ClN5O2. The van der Waals surface area contributed by atoms with Gasteiger partial charge in [0, 0.05) is 37.3 Å². The first-order valence-corrected chi connectivity index (χ1v) is 11.1. The molecule has 2 aromatic carbocycles. The predicted molar refractivity (Wildman–Crippen MR) is 130 cm³/mol. The maximum absolute atomic E-state index is 13.5. The van der Waals surface area contributed by atoms with Gasteiger partial charge in [0.15, 0.2) is 0 Å². The number of aromatic nitrogens is 1. The van der Waals surface area contributed by atoms with Crippen LogP contribution in [0.1, 0.15) is 27.9 Å². The van der Waals surface area contributed by atoms with Crippen LogP contribution in [0.4, 0.5) is 5.69 Å². The second kappa shape index (κ2) is 9.65. The van der Waals surface area contributed by atoms with Gasteiger partial charge in [0.1, 0.15) is 5.75 Å². The second-order valence-corrected chi connectivity index (χ2v) is 8.78. The lowest BCUT2D eigenvalue weighted by atomic mass is 10.1. The first-order valence-electron chi connectivity index (χ1n) is 10.8. The molecule has 3 aromatic rings. The van der Waals surface area contributed by atoms with Crippen LogP contribution in [0.3, 0.4) is 0 Å². The predicted octanol–water partition coefficient (Wildman–Crippen LogP) is 4.16. The summed E-state index contributed by atoms with van der Waals surface area (Å²) in [5.41, 5.74) is 3.33. The second-order valence-electron chi connectivity index (χ2n) is 8.37. The molecule has 1 N–H and O–H groups in total. The molecule has 1 amide bonds. The van der Waals surface area contributed by atoms with Crippen LogP contribution in [0.2, 0.25) is 5.02 Å². The third kappa shape index (κ3) is 4.72. The summed E-state index contributed by atoms with van der Waals surface area (Å²) in [6.45, 7) is 1.82. The number of nitrogens with zero attached hydrogens (tertiary/aromatic N) is 4. The van der Waals surface area contributed by atoms with E-state index in [4.69, 9.17) is 16.3 Å². The number of pyridine rings is 1. The van der Waals surface area contributed by atoms with Gasteiger partial charge in [-0.3, -0.25) is 9.78 Å². The van der Waals surface area contributed by atoms with Gasteiger partial charge in [-0.2, -0.15) is 5.26 Å². The van der Waals surface area contributed by atoms with Crippen molar-refractivity contribution in [2.24, 2.45) is 0 Å². The number of hydrogen-bond acceptors (Lipinski definition) is 6. The van der Waals surface area contributed by atoms with Gasteiger partial charge in [0.05, 0.1) is 40.5 Å². The monoisotopic (exact) mass is 463 g/mol. The van der Waals surface area contributed by atoms with Gasteiger partial charge in [-0.15, -0.1) is 0 Å². The number of ether oxygens (including phenoxy) is 1. The SMILES string of the molecule is COc1ccc(CNc2c(C(=O)N3CC[C@@H](N(C)C)C3)cnc3ccc(C#N)cc23)cc1Cl. The fourth-order valence-corrected chi connectivity index (χ4v) is 4.42. The van der Waals surface area contributed by atoms with E-state index < -0.39 is 0 Å². The summed E-state index contributed by atoms with van der Waals surface area (Å²) in [7, 11) is 5.64. The third-order valence-electron chi connectivity index (χ3n) is 6.09.